The predicted octanol–water partition coefficient (Wildman–Crippen LogP) is 2.82. The summed E-state index contributed by atoms with van der Waals surface area (Å²) in [4.78, 5) is 11.7. The van der Waals surface area contributed by atoms with Gasteiger partial charge in [-0.1, -0.05) is 0 Å². The van der Waals surface area contributed by atoms with Crippen LogP contribution < -0.4 is 5.32 Å². The second-order valence-corrected chi connectivity index (χ2v) is 10.5. The average molecular weight is 422 g/mol. The highest BCUT2D eigenvalue weighted by Gasteiger charge is 2.49. The van der Waals surface area contributed by atoms with Crippen LogP contribution in [0.25, 0.3) is 0 Å². The molecule has 0 saturated heterocycles. The number of likely N-dealkylation sites (N-methyl/N-ethyl adjacent to an activating group) is 1. The topological polar surface area (TPSA) is 72.5 Å². The van der Waals surface area contributed by atoms with Crippen LogP contribution in [0.2, 0.25) is 0 Å². The third kappa shape index (κ3) is 3.35. The largest absolute Gasteiger partial charge is 0.492 e. The minimum absolute atomic E-state index is 0.143. The molecule has 0 aliphatic heterocycles. The number of amides is 1. The molecule has 4 bridgehead atoms. The van der Waals surface area contributed by atoms with Gasteiger partial charge in [-0.2, -0.15) is 8.42 Å². The molecule has 0 radical (unpaired) electrons. The van der Waals surface area contributed by atoms with Crippen molar-refractivity contribution in [1.29, 1.82) is 0 Å². The second-order valence-electron chi connectivity index (χ2n) is 9.60. The highest BCUT2D eigenvalue weighted by molar-refractivity contribution is 7.73. The van der Waals surface area contributed by atoms with Crippen LogP contribution in [-0.4, -0.2) is 39.0 Å². The van der Waals surface area contributed by atoms with Crippen molar-refractivity contribution in [3.8, 4) is 0 Å². The van der Waals surface area contributed by atoms with Gasteiger partial charge in [0, 0.05) is 7.05 Å². The molecule has 0 heterocycles. The van der Waals surface area contributed by atoms with Crippen LogP contribution in [0.15, 0.2) is 23.0 Å². The number of rotatable bonds is 5. The number of nitrogens with one attached hydrogen (secondary N) is 1. The van der Waals surface area contributed by atoms with Crippen molar-refractivity contribution in [2.45, 2.75) is 51.1 Å². The molecule has 6 rings (SSSR count). The van der Waals surface area contributed by atoms with Crippen LogP contribution in [0.1, 0.15) is 44.9 Å². The summed E-state index contributed by atoms with van der Waals surface area (Å²) in [7, 11) is -1.36. The van der Waals surface area contributed by atoms with Crippen molar-refractivity contribution < 1.29 is 22.3 Å². The fourth-order valence-electron chi connectivity index (χ4n) is 6.53. The lowest BCUT2D eigenvalue weighted by Crippen LogP contribution is -2.47. The van der Waals surface area contributed by atoms with Gasteiger partial charge in [0.25, 0.3) is 0 Å². The number of carbonyl (C=O) groups excluding carboxylic acids is 1. The van der Waals surface area contributed by atoms with Crippen molar-refractivity contribution in [2.24, 2.45) is 35.5 Å². The summed E-state index contributed by atoms with van der Waals surface area (Å²) in [6.07, 6.45) is 7.77. The van der Waals surface area contributed by atoms with Gasteiger partial charge in [-0.3, -0.25) is 4.79 Å². The van der Waals surface area contributed by atoms with E-state index in [0.29, 0.717) is 29.9 Å². The van der Waals surface area contributed by atoms with E-state index >= 15 is 4.39 Å². The highest BCUT2D eigenvalue weighted by atomic mass is 32.2. The van der Waals surface area contributed by atoms with Crippen molar-refractivity contribution in [3.05, 3.63) is 23.0 Å². The number of carbonyl (C=O) groups is 1. The van der Waals surface area contributed by atoms with Gasteiger partial charge in [-0.05, 0) is 92.1 Å². The number of hydrogen-bond acceptors (Lipinski definition) is 4. The van der Waals surface area contributed by atoms with Crippen molar-refractivity contribution >= 4 is 21.1 Å². The monoisotopic (exact) mass is 421 g/mol. The molecule has 0 aromatic rings. The first-order chi connectivity index (χ1) is 14.0. The molecule has 1 unspecified atom stereocenters. The first kappa shape index (κ1) is 19.3. The summed E-state index contributed by atoms with van der Waals surface area (Å²) in [6, 6.07) is 0. The van der Waals surface area contributed by atoms with Crippen molar-refractivity contribution in [2.75, 3.05) is 13.7 Å². The third-order valence-corrected chi connectivity index (χ3v) is 8.58. The molecule has 0 spiro atoms. The van der Waals surface area contributed by atoms with E-state index in [1.54, 1.807) is 0 Å². The van der Waals surface area contributed by atoms with Crippen LogP contribution in [0.3, 0.4) is 0 Å². The lowest BCUT2D eigenvalue weighted by molar-refractivity contribution is -0.117. The van der Waals surface area contributed by atoms with Crippen LogP contribution in [-0.2, 0) is 19.8 Å². The maximum atomic E-state index is 15.1. The standard InChI is InChI=1S/C22H28FNO4S/c1-24-22(25)17-9-16(13-2-3-13)20(21(19(17)23)29(26)27)28-10-18-14-5-11-4-12(7-14)8-15(18)6-11/h9,11-15,18-19H,2-8,10H2,1H3,(H,24,25). The molecule has 0 aromatic carbocycles. The Bertz CT molecular complexity index is 894. The summed E-state index contributed by atoms with van der Waals surface area (Å²) in [5.41, 5.74) is 0.538. The molecular formula is C22H28FNO4S. The van der Waals surface area contributed by atoms with E-state index in [0.717, 1.165) is 24.7 Å². The molecule has 7 heteroatoms. The zero-order valence-corrected chi connectivity index (χ0v) is 17.5. The molecule has 5 saturated carbocycles. The SMILES string of the molecule is CNC(=O)C1=CC(C2CC2)=C(OCC2C3CC4CC(C3)CC2C4)C(=S(=O)=O)C1F. The lowest BCUT2D eigenvalue weighted by atomic mass is 9.52. The Morgan fingerprint density at radius 2 is 1.76 bits per heavy atom. The minimum atomic E-state index is -2.78. The first-order valence-electron chi connectivity index (χ1n) is 10.9. The zero-order valence-electron chi connectivity index (χ0n) is 16.7. The summed E-state index contributed by atoms with van der Waals surface area (Å²) >= 11 is 0. The first-order valence-corrected chi connectivity index (χ1v) is 11.9. The summed E-state index contributed by atoms with van der Waals surface area (Å²) in [5, 5.41) is 2.41. The predicted molar refractivity (Wildman–Crippen MR) is 107 cm³/mol. The summed E-state index contributed by atoms with van der Waals surface area (Å²) in [6.45, 7) is 0.455. The van der Waals surface area contributed by atoms with E-state index in [-0.39, 0.29) is 17.3 Å². The smallest absolute Gasteiger partial charge is 0.250 e. The molecule has 6 aliphatic rings. The molecule has 6 aliphatic carbocycles. The third-order valence-electron chi connectivity index (χ3n) is 7.83. The van der Waals surface area contributed by atoms with Gasteiger partial charge in [0.2, 0.25) is 16.2 Å². The normalized spacial score (nSPS) is 38.1. The van der Waals surface area contributed by atoms with E-state index in [1.807, 2.05) is 0 Å². The Balaban J connectivity index is 1.45. The quantitative estimate of drug-likeness (QED) is 0.693. The maximum Gasteiger partial charge on any atom is 0.250 e. The van der Waals surface area contributed by atoms with Gasteiger partial charge in [0.15, 0.2) is 11.0 Å². The Morgan fingerprint density at radius 1 is 1.14 bits per heavy atom. The van der Waals surface area contributed by atoms with Gasteiger partial charge in [0.1, 0.15) is 5.76 Å². The number of alkyl halides is 1. The van der Waals surface area contributed by atoms with Crippen LogP contribution in [0.4, 0.5) is 4.39 Å². The fourth-order valence-corrected chi connectivity index (χ4v) is 7.16. The van der Waals surface area contributed by atoms with Crippen LogP contribution in [0.5, 0.6) is 0 Å². The van der Waals surface area contributed by atoms with E-state index < -0.39 is 27.2 Å². The van der Waals surface area contributed by atoms with Crippen molar-refractivity contribution in [1.82, 2.24) is 5.32 Å². The van der Waals surface area contributed by atoms with Gasteiger partial charge in [-0.25, -0.2) is 4.39 Å². The van der Waals surface area contributed by atoms with E-state index in [9.17, 15) is 13.2 Å². The number of halogens is 1. The Kier molecular flexibility index (Phi) is 4.84. The lowest BCUT2D eigenvalue weighted by Gasteiger charge is -2.54. The number of allylic oxidation sites excluding steroid dienone is 3. The van der Waals surface area contributed by atoms with Crippen LogP contribution in [0, 0.1) is 35.5 Å². The van der Waals surface area contributed by atoms with Gasteiger partial charge < -0.3 is 10.1 Å². The molecule has 1 N–H and O–H groups in total. The van der Waals surface area contributed by atoms with Gasteiger partial charge in [0.05, 0.1) is 12.2 Å². The van der Waals surface area contributed by atoms with Crippen molar-refractivity contribution in [3.63, 3.8) is 0 Å². The molecule has 1 amide bonds. The van der Waals surface area contributed by atoms with Crippen LogP contribution >= 0.6 is 0 Å². The van der Waals surface area contributed by atoms with Gasteiger partial charge >= 0.3 is 0 Å². The molecule has 1 atom stereocenters. The second kappa shape index (κ2) is 7.25. The number of ether oxygens (including phenoxy) is 1. The highest BCUT2D eigenvalue weighted by Crippen LogP contribution is 2.56. The average Bonchev–Trinajstić information content (AvgIpc) is 3.51. The molecule has 0 aromatic heterocycles. The van der Waals surface area contributed by atoms with Gasteiger partial charge in [-0.15, -0.1) is 0 Å². The number of hydrogen-bond donors (Lipinski definition) is 1. The molecule has 5 fully saturated rings. The van der Waals surface area contributed by atoms with E-state index in [2.05, 4.69) is 5.32 Å². The van der Waals surface area contributed by atoms with E-state index in [1.165, 1.54) is 45.2 Å². The maximum absolute atomic E-state index is 15.1. The summed E-state index contributed by atoms with van der Waals surface area (Å²) < 4.78 is 45.2. The molecular weight excluding hydrogens is 393 g/mol. The zero-order chi connectivity index (χ0) is 20.3. The fraction of sp³-hybridized carbons (Fsp3) is 0.727. The Hall–Kier alpha value is -1.63. The molecule has 29 heavy (non-hydrogen) atoms. The molecule has 5 nitrogen and oxygen atoms in total. The molecule has 158 valence electrons. The Labute approximate surface area is 172 Å². The minimum Gasteiger partial charge on any atom is -0.492 e. The van der Waals surface area contributed by atoms with E-state index in [4.69, 9.17) is 4.74 Å². The Morgan fingerprint density at radius 3 is 2.28 bits per heavy atom. The summed E-state index contributed by atoms with van der Waals surface area (Å²) in [5.74, 6) is 3.18.